The van der Waals surface area contributed by atoms with Crippen LogP contribution in [0.1, 0.15) is 24.5 Å². The van der Waals surface area contributed by atoms with Gasteiger partial charge in [0.25, 0.3) is 0 Å². The maximum Gasteiger partial charge on any atom is 0.333 e. The molecular weight excluding hydrogens is 456 g/mol. The number of carboxylic acid groups (broad SMARTS) is 1. The number of carbonyl (C=O) groups is 1. The van der Waals surface area contributed by atoms with Gasteiger partial charge in [0.15, 0.2) is 6.10 Å². The molecule has 1 aliphatic rings. The van der Waals surface area contributed by atoms with Crippen molar-refractivity contribution in [3.8, 4) is 11.5 Å². The van der Waals surface area contributed by atoms with Crippen molar-refractivity contribution < 1.29 is 24.1 Å². The summed E-state index contributed by atoms with van der Waals surface area (Å²) in [5.41, 5.74) is 4.18. The third-order valence-corrected chi connectivity index (χ3v) is 6.08. The minimum Gasteiger partial charge on any atom is -0.494 e. The van der Waals surface area contributed by atoms with E-state index in [2.05, 4.69) is 28.4 Å². The molecule has 4 rings (SSSR count). The molecule has 7 heteroatoms. The average molecular weight is 491 g/mol. The zero-order chi connectivity index (χ0) is 25.2. The Bertz CT molecular complexity index is 1120. The van der Waals surface area contributed by atoms with Crippen LogP contribution in [-0.2, 0) is 22.5 Å². The van der Waals surface area contributed by atoms with Gasteiger partial charge in [0.1, 0.15) is 18.1 Å². The van der Waals surface area contributed by atoms with Crippen LogP contribution in [0.5, 0.6) is 11.5 Å². The summed E-state index contributed by atoms with van der Waals surface area (Å²) in [6, 6.07) is 24.1. The van der Waals surface area contributed by atoms with Gasteiger partial charge < -0.3 is 29.5 Å². The van der Waals surface area contributed by atoms with Gasteiger partial charge in [-0.25, -0.2) is 4.79 Å². The van der Waals surface area contributed by atoms with Crippen molar-refractivity contribution in [3.05, 3.63) is 83.9 Å². The van der Waals surface area contributed by atoms with Gasteiger partial charge in [-0.1, -0.05) is 36.4 Å². The molecular formula is C29H34N2O5. The number of nitrogens with zero attached hydrogens (tertiary/aromatic N) is 1. The first-order chi connectivity index (χ1) is 17.6. The summed E-state index contributed by atoms with van der Waals surface area (Å²) in [6.45, 7) is 6.02. The third kappa shape index (κ3) is 7.15. The SMILES string of the molecule is CCOC(Cc1ccc(NCc2cccc(OCCCN3CCOc4ccccc43)c2)cc1)C(=O)O. The fraction of sp³-hybridized carbons (Fsp3) is 0.345. The Hall–Kier alpha value is -3.71. The van der Waals surface area contributed by atoms with E-state index in [1.165, 1.54) is 0 Å². The molecule has 2 N–H and O–H groups in total. The Kier molecular flexibility index (Phi) is 9.05. The first-order valence-electron chi connectivity index (χ1n) is 12.5. The smallest absolute Gasteiger partial charge is 0.333 e. The fourth-order valence-corrected chi connectivity index (χ4v) is 4.25. The Morgan fingerprint density at radius 2 is 1.92 bits per heavy atom. The van der Waals surface area contributed by atoms with Gasteiger partial charge >= 0.3 is 5.97 Å². The van der Waals surface area contributed by atoms with Gasteiger partial charge in [0.2, 0.25) is 0 Å². The minimum atomic E-state index is -0.937. The Labute approximate surface area is 212 Å². The van der Waals surface area contributed by atoms with Gasteiger partial charge in [-0.15, -0.1) is 0 Å². The van der Waals surface area contributed by atoms with Gasteiger partial charge in [-0.3, -0.25) is 0 Å². The summed E-state index contributed by atoms with van der Waals surface area (Å²) < 4.78 is 17.1. The molecule has 190 valence electrons. The Morgan fingerprint density at radius 3 is 2.72 bits per heavy atom. The minimum absolute atomic E-state index is 0.348. The highest BCUT2D eigenvalue weighted by Gasteiger charge is 2.18. The normalized spacial score (nSPS) is 13.4. The summed E-state index contributed by atoms with van der Waals surface area (Å²) in [5.74, 6) is 0.879. The lowest BCUT2D eigenvalue weighted by Crippen LogP contribution is -2.34. The quantitative estimate of drug-likeness (QED) is 0.327. The molecule has 3 aromatic rings. The zero-order valence-electron chi connectivity index (χ0n) is 20.7. The number of ether oxygens (including phenoxy) is 3. The number of hydrogen-bond acceptors (Lipinski definition) is 6. The van der Waals surface area contributed by atoms with E-state index in [0.717, 1.165) is 53.5 Å². The second kappa shape index (κ2) is 12.8. The highest BCUT2D eigenvalue weighted by Crippen LogP contribution is 2.30. The van der Waals surface area contributed by atoms with E-state index in [-0.39, 0.29) is 0 Å². The van der Waals surface area contributed by atoms with Gasteiger partial charge in [-0.2, -0.15) is 0 Å². The lowest BCUT2D eigenvalue weighted by Gasteiger charge is -2.31. The van der Waals surface area contributed by atoms with E-state index >= 15 is 0 Å². The number of aliphatic carboxylic acids is 1. The summed E-state index contributed by atoms with van der Waals surface area (Å²) in [6.07, 6.45) is 0.456. The van der Waals surface area contributed by atoms with Crippen LogP contribution >= 0.6 is 0 Å². The lowest BCUT2D eigenvalue weighted by molar-refractivity contribution is -0.149. The predicted octanol–water partition coefficient (Wildman–Crippen LogP) is 5.00. The highest BCUT2D eigenvalue weighted by atomic mass is 16.5. The topological polar surface area (TPSA) is 80.3 Å². The second-order valence-corrected chi connectivity index (χ2v) is 8.69. The second-order valence-electron chi connectivity index (χ2n) is 8.69. The maximum absolute atomic E-state index is 11.3. The molecule has 0 radical (unpaired) electrons. The van der Waals surface area contributed by atoms with Crippen LogP contribution in [0.2, 0.25) is 0 Å². The van der Waals surface area contributed by atoms with Crippen LogP contribution in [0.4, 0.5) is 11.4 Å². The molecule has 1 atom stereocenters. The number of benzene rings is 3. The molecule has 0 aliphatic carbocycles. The summed E-state index contributed by atoms with van der Waals surface area (Å²) in [5, 5.41) is 12.7. The van der Waals surface area contributed by atoms with E-state index in [1.54, 1.807) is 6.92 Å². The first-order valence-corrected chi connectivity index (χ1v) is 12.5. The fourth-order valence-electron chi connectivity index (χ4n) is 4.25. The number of hydrogen-bond donors (Lipinski definition) is 2. The summed E-state index contributed by atoms with van der Waals surface area (Å²) in [7, 11) is 0. The molecule has 0 fully saturated rings. The van der Waals surface area contributed by atoms with Crippen molar-refractivity contribution in [2.24, 2.45) is 0 Å². The molecule has 1 heterocycles. The standard InChI is InChI=1S/C29H34N2O5/c1-2-34-28(29(32)33)20-22-11-13-24(14-12-22)30-21-23-7-5-8-25(19-23)35-17-6-15-31-16-18-36-27-10-4-3-9-26(27)31/h3-5,7-14,19,28,30H,2,6,15-18,20-21H2,1H3,(H,32,33). The van der Waals surface area contributed by atoms with Gasteiger partial charge in [0.05, 0.1) is 18.8 Å². The molecule has 0 saturated heterocycles. The van der Waals surface area contributed by atoms with Gasteiger partial charge in [0, 0.05) is 31.8 Å². The Morgan fingerprint density at radius 1 is 1.08 bits per heavy atom. The monoisotopic (exact) mass is 490 g/mol. The summed E-state index contributed by atoms with van der Waals surface area (Å²) in [4.78, 5) is 13.6. The van der Waals surface area contributed by atoms with E-state index in [1.807, 2.05) is 54.6 Å². The average Bonchev–Trinajstić information content (AvgIpc) is 2.91. The molecule has 1 unspecified atom stereocenters. The van der Waals surface area contributed by atoms with Crippen molar-refractivity contribution in [1.82, 2.24) is 0 Å². The molecule has 0 spiro atoms. The van der Waals surface area contributed by atoms with Crippen molar-refractivity contribution in [2.45, 2.75) is 32.4 Å². The number of rotatable bonds is 13. The van der Waals surface area contributed by atoms with Crippen molar-refractivity contribution in [1.29, 1.82) is 0 Å². The van der Waals surface area contributed by atoms with Crippen LogP contribution in [0.15, 0.2) is 72.8 Å². The predicted molar refractivity (Wildman–Crippen MR) is 141 cm³/mol. The number of nitrogens with one attached hydrogen (secondary N) is 1. The van der Waals surface area contributed by atoms with E-state index in [0.29, 0.717) is 32.8 Å². The van der Waals surface area contributed by atoms with Crippen LogP contribution in [0, 0.1) is 0 Å². The van der Waals surface area contributed by atoms with Crippen LogP contribution < -0.4 is 19.7 Å². The van der Waals surface area contributed by atoms with Crippen molar-refractivity contribution in [3.63, 3.8) is 0 Å². The number of anilines is 2. The van der Waals surface area contributed by atoms with Gasteiger partial charge in [-0.05, 0) is 60.9 Å². The highest BCUT2D eigenvalue weighted by molar-refractivity contribution is 5.72. The van der Waals surface area contributed by atoms with E-state index in [4.69, 9.17) is 14.2 Å². The van der Waals surface area contributed by atoms with E-state index in [9.17, 15) is 9.90 Å². The third-order valence-electron chi connectivity index (χ3n) is 6.08. The Balaban J connectivity index is 1.22. The van der Waals surface area contributed by atoms with E-state index < -0.39 is 12.1 Å². The van der Waals surface area contributed by atoms with Crippen LogP contribution in [-0.4, -0.2) is 50.1 Å². The zero-order valence-corrected chi connectivity index (χ0v) is 20.7. The molecule has 0 saturated carbocycles. The number of fused-ring (bicyclic) bond motifs is 1. The van der Waals surface area contributed by atoms with Crippen molar-refractivity contribution in [2.75, 3.05) is 43.1 Å². The maximum atomic E-state index is 11.3. The molecule has 0 bridgehead atoms. The largest absolute Gasteiger partial charge is 0.494 e. The lowest BCUT2D eigenvalue weighted by atomic mass is 10.1. The molecule has 0 amide bonds. The molecule has 3 aromatic carbocycles. The molecule has 0 aromatic heterocycles. The molecule has 7 nitrogen and oxygen atoms in total. The summed E-state index contributed by atoms with van der Waals surface area (Å²) >= 11 is 0. The number of carboxylic acids is 1. The molecule has 36 heavy (non-hydrogen) atoms. The van der Waals surface area contributed by atoms with Crippen LogP contribution in [0.3, 0.4) is 0 Å². The van der Waals surface area contributed by atoms with Crippen LogP contribution in [0.25, 0.3) is 0 Å². The molecule has 1 aliphatic heterocycles. The van der Waals surface area contributed by atoms with Crippen molar-refractivity contribution >= 4 is 17.3 Å². The first kappa shape index (κ1) is 25.4. The number of para-hydroxylation sites is 2.